The van der Waals surface area contributed by atoms with Gasteiger partial charge in [0.25, 0.3) is 0 Å². The van der Waals surface area contributed by atoms with Gasteiger partial charge >= 0.3 is 0 Å². The zero-order valence-electron chi connectivity index (χ0n) is 31.4. The number of para-hydroxylation sites is 1. The lowest BCUT2D eigenvalue weighted by atomic mass is 9.82. The molecule has 2 atom stereocenters. The predicted octanol–water partition coefficient (Wildman–Crippen LogP) is 13.3. The molecule has 56 heavy (non-hydrogen) atoms. The van der Waals surface area contributed by atoms with Crippen molar-refractivity contribution < 1.29 is 0 Å². The van der Waals surface area contributed by atoms with Gasteiger partial charge in [0, 0.05) is 39.4 Å². The molecule has 0 amide bonds. The second kappa shape index (κ2) is 12.6. The van der Waals surface area contributed by atoms with E-state index in [0.29, 0.717) is 5.92 Å². The van der Waals surface area contributed by atoms with Crippen LogP contribution in [0.1, 0.15) is 36.5 Å². The van der Waals surface area contributed by atoms with Gasteiger partial charge in [0.2, 0.25) is 0 Å². The van der Waals surface area contributed by atoms with E-state index in [1.807, 2.05) is 6.07 Å². The first kappa shape index (κ1) is 32.6. The second-order valence-electron chi connectivity index (χ2n) is 15.7. The Morgan fingerprint density at radius 2 is 1.12 bits per heavy atom. The first-order chi connectivity index (χ1) is 27.5. The van der Waals surface area contributed by atoms with Gasteiger partial charge in [0.15, 0.2) is 5.82 Å². The topological polar surface area (TPSA) is 29.0 Å². The molecule has 2 aliphatic carbocycles. The number of hydrogen-bond acceptors (Lipinski definition) is 3. The van der Waals surface area contributed by atoms with Crippen molar-refractivity contribution >= 4 is 22.1 Å². The van der Waals surface area contributed by atoms with Crippen LogP contribution < -0.4 is 4.90 Å². The van der Waals surface area contributed by atoms with Gasteiger partial charge in [-0.05, 0) is 80.0 Å². The lowest BCUT2D eigenvalue weighted by Crippen LogP contribution is -2.28. The summed E-state index contributed by atoms with van der Waals surface area (Å²) in [6, 6.07) is 59.6. The van der Waals surface area contributed by atoms with E-state index in [-0.39, 0.29) is 11.5 Å². The van der Waals surface area contributed by atoms with Crippen molar-refractivity contribution in [2.24, 2.45) is 0 Å². The molecule has 0 saturated heterocycles. The monoisotopic (exact) mass is 717 g/mol. The van der Waals surface area contributed by atoms with Crippen molar-refractivity contribution in [1.29, 1.82) is 0 Å². The SMILES string of the molecule is CC1(C)c2ccccc2-c2ccc(-c3cc(-c4ccc(-c5ccc6c(c5)N(c5ccccc5)C5C=CC=CC65)c5ccccc45)nc(-c4ccccc4)n3)cc21. The predicted molar refractivity (Wildman–Crippen MR) is 232 cm³/mol. The molecular formula is C53H39N3. The van der Waals surface area contributed by atoms with Crippen molar-refractivity contribution in [3.63, 3.8) is 0 Å². The largest absolute Gasteiger partial charge is 0.333 e. The summed E-state index contributed by atoms with van der Waals surface area (Å²) in [5.74, 6) is 1.04. The minimum atomic E-state index is -0.104. The summed E-state index contributed by atoms with van der Waals surface area (Å²) in [6.45, 7) is 4.66. The molecule has 2 unspecified atom stereocenters. The van der Waals surface area contributed by atoms with E-state index in [2.05, 4.69) is 201 Å². The highest BCUT2D eigenvalue weighted by Gasteiger charge is 2.38. The van der Waals surface area contributed by atoms with Crippen LogP contribution in [-0.4, -0.2) is 16.0 Å². The quantitative estimate of drug-likeness (QED) is 0.177. The molecule has 3 heteroatoms. The summed E-state index contributed by atoms with van der Waals surface area (Å²) in [7, 11) is 0. The molecule has 3 nitrogen and oxygen atoms in total. The second-order valence-corrected chi connectivity index (χ2v) is 15.7. The zero-order chi connectivity index (χ0) is 37.4. The lowest BCUT2D eigenvalue weighted by Gasteiger charge is -2.28. The number of allylic oxidation sites excluding steroid dienone is 2. The third-order valence-corrected chi connectivity index (χ3v) is 12.2. The normalized spacial score (nSPS) is 17.1. The molecule has 266 valence electrons. The van der Waals surface area contributed by atoms with Crippen LogP contribution in [0.2, 0.25) is 0 Å². The first-order valence-electron chi connectivity index (χ1n) is 19.6. The molecule has 3 aliphatic rings. The van der Waals surface area contributed by atoms with E-state index in [1.165, 1.54) is 61.1 Å². The average molecular weight is 718 g/mol. The molecule has 11 rings (SSSR count). The number of aromatic nitrogens is 2. The molecule has 1 aliphatic heterocycles. The fourth-order valence-electron chi connectivity index (χ4n) is 9.48. The smallest absolute Gasteiger partial charge is 0.160 e. The van der Waals surface area contributed by atoms with E-state index in [4.69, 9.17) is 9.97 Å². The summed E-state index contributed by atoms with van der Waals surface area (Å²) in [4.78, 5) is 13.0. The van der Waals surface area contributed by atoms with Gasteiger partial charge in [-0.1, -0.05) is 172 Å². The van der Waals surface area contributed by atoms with Gasteiger partial charge in [-0.25, -0.2) is 9.97 Å². The zero-order valence-corrected chi connectivity index (χ0v) is 31.4. The third-order valence-electron chi connectivity index (χ3n) is 12.2. The van der Waals surface area contributed by atoms with Gasteiger partial charge in [-0.15, -0.1) is 0 Å². The molecule has 0 radical (unpaired) electrons. The Morgan fingerprint density at radius 3 is 1.96 bits per heavy atom. The van der Waals surface area contributed by atoms with Crippen LogP contribution >= 0.6 is 0 Å². The van der Waals surface area contributed by atoms with Crippen LogP contribution in [0.25, 0.3) is 66.9 Å². The van der Waals surface area contributed by atoms with Gasteiger partial charge in [-0.3, -0.25) is 0 Å². The standard InChI is InChI=1S/C53H39N3/c1-53(2)46-23-13-11-21-41(46)42-27-26-36(31-47(42)53)48-33-49(55-52(54-48)34-15-5-3-6-16-34)43-30-29-38(39-19-9-10-20-40(39)43)35-25-28-45-44-22-12-14-24-50(44)56(51(45)32-35)37-17-7-4-8-18-37/h3-33,44,50H,1-2H3. The Labute approximate surface area is 328 Å². The Bertz CT molecular complexity index is 2900. The minimum absolute atomic E-state index is 0.104. The fraction of sp³-hybridized carbons (Fsp3) is 0.0943. The molecule has 2 heterocycles. The Hall–Kier alpha value is -6.84. The summed E-state index contributed by atoms with van der Waals surface area (Å²) in [5, 5.41) is 2.36. The van der Waals surface area contributed by atoms with E-state index in [0.717, 1.165) is 33.9 Å². The molecule has 0 bridgehead atoms. The highest BCUT2D eigenvalue weighted by atomic mass is 15.2. The van der Waals surface area contributed by atoms with Crippen molar-refractivity contribution in [2.45, 2.75) is 31.2 Å². The lowest BCUT2D eigenvalue weighted by molar-refractivity contribution is 0.660. The number of fused-ring (bicyclic) bond motifs is 7. The van der Waals surface area contributed by atoms with Crippen LogP contribution in [0, 0.1) is 0 Å². The number of hydrogen-bond donors (Lipinski definition) is 0. The van der Waals surface area contributed by atoms with Crippen LogP contribution in [0.4, 0.5) is 11.4 Å². The van der Waals surface area contributed by atoms with Gasteiger partial charge in [0.1, 0.15) is 0 Å². The summed E-state index contributed by atoms with van der Waals surface area (Å²) in [6.07, 6.45) is 9.05. The molecular weight excluding hydrogens is 679 g/mol. The first-order valence-corrected chi connectivity index (χ1v) is 19.6. The Morgan fingerprint density at radius 1 is 0.482 bits per heavy atom. The maximum atomic E-state index is 5.29. The highest BCUT2D eigenvalue weighted by molar-refractivity contribution is 6.05. The Kier molecular flexibility index (Phi) is 7.34. The van der Waals surface area contributed by atoms with E-state index >= 15 is 0 Å². The highest BCUT2D eigenvalue weighted by Crippen LogP contribution is 2.51. The Balaban J connectivity index is 1.06. The molecule has 0 fully saturated rings. The molecule has 1 aromatic heterocycles. The number of nitrogens with zero attached hydrogens (tertiary/aromatic N) is 3. The van der Waals surface area contributed by atoms with Crippen molar-refractivity contribution in [1.82, 2.24) is 9.97 Å². The summed E-state index contributed by atoms with van der Waals surface area (Å²) >= 11 is 0. The van der Waals surface area contributed by atoms with Gasteiger partial charge in [-0.2, -0.15) is 0 Å². The molecule has 7 aromatic carbocycles. The maximum absolute atomic E-state index is 5.29. The number of benzene rings is 7. The third kappa shape index (κ3) is 5.04. The number of rotatable bonds is 5. The van der Waals surface area contributed by atoms with E-state index in [1.54, 1.807) is 0 Å². The fourth-order valence-corrected chi connectivity index (χ4v) is 9.48. The summed E-state index contributed by atoms with van der Waals surface area (Å²) in [5.41, 5.74) is 16.5. The minimum Gasteiger partial charge on any atom is -0.333 e. The molecule has 0 spiro atoms. The van der Waals surface area contributed by atoms with Crippen LogP contribution in [0.3, 0.4) is 0 Å². The molecule has 0 saturated carbocycles. The average Bonchev–Trinajstić information content (AvgIpc) is 3.71. The maximum Gasteiger partial charge on any atom is 0.160 e. The van der Waals surface area contributed by atoms with Gasteiger partial charge < -0.3 is 4.90 Å². The number of anilines is 2. The molecule has 8 aromatic rings. The van der Waals surface area contributed by atoms with Crippen LogP contribution in [0.5, 0.6) is 0 Å². The van der Waals surface area contributed by atoms with Crippen molar-refractivity contribution in [3.8, 4) is 56.2 Å². The van der Waals surface area contributed by atoms with Gasteiger partial charge in [0.05, 0.1) is 17.4 Å². The van der Waals surface area contributed by atoms with Crippen molar-refractivity contribution in [2.75, 3.05) is 4.90 Å². The van der Waals surface area contributed by atoms with E-state index < -0.39 is 0 Å². The molecule has 0 N–H and O–H groups in total. The summed E-state index contributed by atoms with van der Waals surface area (Å²) < 4.78 is 0. The van der Waals surface area contributed by atoms with E-state index in [9.17, 15) is 0 Å². The van der Waals surface area contributed by atoms with Crippen LogP contribution in [-0.2, 0) is 5.41 Å². The van der Waals surface area contributed by atoms with Crippen LogP contribution in [0.15, 0.2) is 188 Å². The van der Waals surface area contributed by atoms with Crippen molar-refractivity contribution in [3.05, 3.63) is 205 Å².